The summed E-state index contributed by atoms with van der Waals surface area (Å²) in [6, 6.07) is 15.6. The molecule has 0 unspecified atom stereocenters. The second-order valence-corrected chi connectivity index (χ2v) is 5.09. The van der Waals surface area contributed by atoms with Crippen LogP contribution in [0.5, 0.6) is 5.75 Å². The molecule has 0 amide bonds. The summed E-state index contributed by atoms with van der Waals surface area (Å²) in [6.45, 7) is 0. The van der Waals surface area contributed by atoms with E-state index in [1.165, 1.54) is 0 Å². The van der Waals surface area contributed by atoms with Crippen molar-refractivity contribution in [3.8, 4) is 5.75 Å². The first-order valence-corrected chi connectivity index (χ1v) is 6.90. The van der Waals surface area contributed by atoms with Crippen LogP contribution in [0.15, 0.2) is 54.7 Å². The third kappa shape index (κ3) is 2.42. The minimum Gasteiger partial charge on any atom is -0.496 e. The third-order valence-electron chi connectivity index (χ3n) is 3.70. The van der Waals surface area contributed by atoms with Gasteiger partial charge in [-0.05, 0) is 17.7 Å². The van der Waals surface area contributed by atoms with Gasteiger partial charge in [0.25, 0.3) is 0 Å². The fourth-order valence-electron chi connectivity index (χ4n) is 2.67. The lowest BCUT2D eigenvalue weighted by molar-refractivity contribution is 0.0994. The van der Waals surface area contributed by atoms with Gasteiger partial charge in [0.05, 0.1) is 18.0 Å². The van der Waals surface area contributed by atoms with Gasteiger partial charge in [-0.3, -0.25) is 4.79 Å². The summed E-state index contributed by atoms with van der Waals surface area (Å²) in [5.41, 5.74) is 2.74. The Kier molecular flexibility index (Phi) is 3.48. The van der Waals surface area contributed by atoms with Crippen LogP contribution >= 0.6 is 0 Å². The van der Waals surface area contributed by atoms with Crippen molar-refractivity contribution in [1.82, 2.24) is 4.57 Å². The summed E-state index contributed by atoms with van der Waals surface area (Å²) < 4.78 is 7.38. The van der Waals surface area contributed by atoms with Crippen LogP contribution in [0.4, 0.5) is 0 Å². The fraction of sp³-hybridized carbons (Fsp3) is 0.167. The van der Waals surface area contributed by atoms with Crippen molar-refractivity contribution >= 4 is 16.7 Å². The number of aromatic nitrogens is 1. The lowest BCUT2D eigenvalue weighted by atomic mass is 10.0. The molecule has 0 saturated carbocycles. The fourth-order valence-corrected chi connectivity index (χ4v) is 2.67. The normalized spacial score (nSPS) is 10.8. The second kappa shape index (κ2) is 5.44. The number of aryl methyl sites for hydroxylation is 1. The average molecular weight is 279 g/mol. The molecule has 0 aliphatic rings. The van der Waals surface area contributed by atoms with E-state index in [0.29, 0.717) is 12.0 Å². The van der Waals surface area contributed by atoms with Gasteiger partial charge in [-0.2, -0.15) is 0 Å². The number of Topliss-reactive ketones (excluding diaryl/α,β-unsaturated/α-hetero) is 1. The lowest BCUT2D eigenvalue weighted by Crippen LogP contribution is -2.03. The molecular weight excluding hydrogens is 262 g/mol. The van der Waals surface area contributed by atoms with E-state index in [-0.39, 0.29) is 5.78 Å². The highest BCUT2D eigenvalue weighted by molar-refractivity contribution is 6.10. The van der Waals surface area contributed by atoms with Crippen molar-refractivity contribution in [3.63, 3.8) is 0 Å². The molecule has 0 radical (unpaired) electrons. The number of carbonyl (C=O) groups excluding carboxylic acids is 1. The maximum absolute atomic E-state index is 12.6. The van der Waals surface area contributed by atoms with E-state index >= 15 is 0 Å². The molecule has 106 valence electrons. The van der Waals surface area contributed by atoms with Crippen LogP contribution in [-0.4, -0.2) is 17.5 Å². The number of hydrogen-bond acceptors (Lipinski definition) is 2. The maximum atomic E-state index is 12.6. The van der Waals surface area contributed by atoms with Crippen LogP contribution in [0.2, 0.25) is 0 Å². The summed E-state index contributed by atoms with van der Waals surface area (Å²) in [4.78, 5) is 12.6. The van der Waals surface area contributed by atoms with Gasteiger partial charge in [-0.25, -0.2) is 0 Å². The first-order valence-electron chi connectivity index (χ1n) is 6.90. The molecule has 3 aromatic rings. The van der Waals surface area contributed by atoms with Crippen molar-refractivity contribution in [1.29, 1.82) is 0 Å². The number of ketones is 1. The van der Waals surface area contributed by atoms with Gasteiger partial charge in [0.15, 0.2) is 5.78 Å². The predicted octanol–water partition coefficient (Wildman–Crippen LogP) is 3.61. The number of fused-ring (bicyclic) bond motifs is 1. The molecule has 0 aliphatic carbocycles. The molecule has 0 fully saturated rings. The van der Waals surface area contributed by atoms with Crippen molar-refractivity contribution < 1.29 is 9.53 Å². The summed E-state index contributed by atoms with van der Waals surface area (Å²) >= 11 is 0. The first-order chi connectivity index (χ1) is 10.2. The smallest absolute Gasteiger partial charge is 0.169 e. The van der Waals surface area contributed by atoms with E-state index in [2.05, 4.69) is 0 Å². The number of benzene rings is 2. The zero-order valence-electron chi connectivity index (χ0n) is 12.2. The van der Waals surface area contributed by atoms with E-state index in [1.807, 2.05) is 66.3 Å². The molecule has 1 heterocycles. The van der Waals surface area contributed by atoms with E-state index in [4.69, 9.17) is 4.74 Å². The highest BCUT2D eigenvalue weighted by Gasteiger charge is 2.17. The van der Waals surface area contributed by atoms with Gasteiger partial charge in [-0.15, -0.1) is 0 Å². The number of hydrogen-bond donors (Lipinski definition) is 0. The Morgan fingerprint density at radius 1 is 1.10 bits per heavy atom. The monoisotopic (exact) mass is 279 g/mol. The van der Waals surface area contributed by atoms with Gasteiger partial charge in [0, 0.05) is 25.2 Å². The molecule has 2 aromatic carbocycles. The van der Waals surface area contributed by atoms with Gasteiger partial charge in [-0.1, -0.05) is 36.4 Å². The van der Waals surface area contributed by atoms with Crippen LogP contribution < -0.4 is 4.74 Å². The SMILES string of the molecule is COc1cccc2c1c(C(=O)Cc1ccccc1)cn2C. The molecule has 0 bridgehead atoms. The summed E-state index contributed by atoms with van der Waals surface area (Å²) in [5.74, 6) is 0.848. The Morgan fingerprint density at radius 2 is 1.86 bits per heavy atom. The van der Waals surface area contributed by atoms with Gasteiger partial charge >= 0.3 is 0 Å². The van der Waals surface area contributed by atoms with Crippen LogP contribution in [0.3, 0.4) is 0 Å². The number of methoxy groups -OCH3 is 1. The van der Waals surface area contributed by atoms with Gasteiger partial charge in [0.1, 0.15) is 5.75 Å². The van der Waals surface area contributed by atoms with Crippen molar-refractivity contribution in [2.75, 3.05) is 7.11 Å². The number of rotatable bonds is 4. The predicted molar refractivity (Wildman–Crippen MR) is 83.9 cm³/mol. The standard InChI is InChI=1S/C18H17NO2/c1-19-12-14(16(20)11-13-7-4-3-5-8-13)18-15(19)9-6-10-17(18)21-2/h3-10,12H,11H2,1-2H3. The quantitative estimate of drug-likeness (QED) is 0.683. The highest BCUT2D eigenvalue weighted by Crippen LogP contribution is 2.30. The van der Waals surface area contributed by atoms with Gasteiger partial charge in [0.2, 0.25) is 0 Å². The van der Waals surface area contributed by atoms with E-state index < -0.39 is 0 Å². The van der Waals surface area contributed by atoms with Crippen molar-refractivity contribution in [3.05, 3.63) is 65.9 Å². The molecule has 0 atom stereocenters. The largest absolute Gasteiger partial charge is 0.496 e. The number of nitrogens with zero attached hydrogens (tertiary/aromatic N) is 1. The third-order valence-corrected chi connectivity index (χ3v) is 3.70. The van der Waals surface area contributed by atoms with Crippen LogP contribution in [-0.2, 0) is 13.5 Å². The molecule has 0 N–H and O–H groups in total. The first kappa shape index (κ1) is 13.4. The summed E-state index contributed by atoms with van der Waals surface area (Å²) in [5, 5.41) is 0.892. The molecule has 3 rings (SSSR count). The molecule has 0 saturated heterocycles. The molecule has 3 nitrogen and oxygen atoms in total. The van der Waals surface area contributed by atoms with Crippen LogP contribution in [0.25, 0.3) is 10.9 Å². The van der Waals surface area contributed by atoms with E-state index in [9.17, 15) is 4.79 Å². The lowest BCUT2D eigenvalue weighted by Gasteiger charge is -2.05. The van der Waals surface area contributed by atoms with E-state index in [0.717, 1.165) is 22.2 Å². The highest BCUT2D eigenvalue weighted by atomic mass is 16.5. The Hall–Kier alpha value is -2.55. The zero-order valence-corrected chi connectivity index (χ0v) is 12.2. The molecule has 21 heavy (non-hydrogen) atoms. The molecule has 1 aromatic heterocycles. The topological polar surface area (TPSA) is 31.2 Å². The number of ether oxygens (including phenoxy) is 1. The second-order valence-electron chi connectivity index (χ2n) is 5.09. The minimum absolute atomic E-state index is 0.108. The molecule has 3 heteroatoms. The van der Waals surface area contributed by atoms with Crippen molar-refractivity contribution in [2.45, 2.75) is 6.42 Å². The van der Waals surface area contributed by atoms with Crippen LogP contribution in [0.1, 0.15) is 15.9 Å². The number of carbonyl (C=O) groups is 1. The Bertz CT molecular complexity index is 788. The molecule has 0 spiro atoms. The minimum atomic E-state index is 0.108. The Labute approximate surface area is 123 Å². The van der Waals surface area contributed by atoms with Gasteiger partial charge < -0.3 is 9.30 Å². The van der Waals surface area contributed by atoms with E-state index in [1.54, 1.807) is 7.11 Å². The maximum Gasteiger partial charge on any atom is 0.169 e. The zero-order chi connectivity index (χ0) is 14.8. The summed E-state index contributed by atoms with van der Waals surface area (Å²) in [7, 11) is 3.58. The summed E-state index contributed by atoms with van der Waals surface area (Å²) in [6.07, 6.45) is 2.29. The molecule has 0 aliphatic heterocycles. The van der Waals surface area contributed by atoms with Crippen molar-refractivity contribution in [2.24, 2.45) is 7.05 Å². The molecular formula is C18H17NO2. The Morgan fingerprint density at radius 3 is 2.57 bits per heavy atom. The van der Waals surface area contributed by atoms with Crippen LogP contribution in [0, 0.1) is 0 Å². The Balaban J connectivity index is 2.06. The average Bonchev–Trinajstić information content (AvgIpc) is 2.86.